The maximum absolute atomic E-state index is 11.1. The number of ether oxygens (including phenoxy) is 1. The molecule has 0 unspecified atom stereocenters. The number of carbonyl (C=O) groups excluding carboxylic acids is 1. The maximum atomic E-state index is 11.1. The van der Waals surface area contributed by atoms with Gasteiger partial charge in [0.15, 0.2) is 0 Å². The lowest BCUT2D eigenvalue weighted by atomic mass is 10.1. The third kappa shape index (κ3) is 2.21. The first-order valence-corrected chi connectivity index (χ1v) is 5.41. The van der Waals surface area contributed by atoms with Crippen LogP contribution in [0.2, 0.25) is 0 Å². The number of hydrogen-bond acceptors (Lipinski definition) is 3. The summed E-state index contributed by atoms with van der Waals surface area (Å²) in [7, 11) is 0. The Morgan fingerprint density at radius 3 is 3.19 bits per heavy atom. The number of aromatic amines is 1. The topological polar surface area (TPSA) is 55.0 Å². The zero-order chi connectivity index (χ0) is 11.4. The molecule has 1 heterocycles. The number of carbonyl (C=O) groups is 1. The fraction of sp³-hybridized carbons (Fsp3) is 0.333. The highest BCUT2D eigenvalue weighted by atomic mass is 16.5. The Morgan fingerprint density at radius 1 is 1.56 bits per heavy atom. The minimum Gasteiger partial charge on any atom is -0.463 e. The van der Waals surface area contributed by atoms with Gasteiger partial charge in [0.1, 0.15) is 0 Å². The van der Waals surface area contributed by atoms with E-state index in [0.717, 1.165) is 29.1 Å². The second kappa shape index (κ2) is 4.79. The zero-order valence-electron chi connectivity index (χ0n) is 9.19. The molecule has 0 saturated heterocycles. The van der Waals surface area contributed by atoms with Gasteiger partial charge in [-0.25, -0.2) is 4.79 Å². The van der Waals surface area contributed by atoms with Gasteiger partial charge >= 0.3 is 5.97 Å². The number of H-pyrrole nitrogens is 1. The Morgan fingerprint density at radius 2 is 2.38 bits per heavy atom. The maximum Gasteiger partial charge on any atom is 0.330 e. The van der Waals surface area contributed by atoms with Crippen LogP contribution in [0.3, 0.4) is 0 Å². The lowest BCUT2D eigenvalue weighted by Crippen LogP contribution is -2.26. The average molecular weight is 218 g/mol. The van der Waals surface area contributed by atoms with Crippen molar-refractivity contribution >= 4 is 24.2 Å². The number of nitrogens with one attached hydrogen (secondary N) is 1. The van der Waals surface area contributed by atoms with Crippen LogP contribution in [0, 0.1) is 0 Å². The minimum absolute atomic E-state index is 0.334. The molecule has 16 heavy (non-hydrogen) atoms. The number of fused-ring (bicyclic) bond motifs is 1. The molecule has 0 radical (unpaired) electrons. The fourth-order valence-corrected chi connectivity index (χ4v) is 1.67. The van der Waals surface area contributed by atoms with Gasteiger partial charge in [-0.1, -0.05) is 12.2 Å². The van der Waals surface area contributed by atoms with Crippen molar-refractivity contribution in [3.63, 3.8) is 0 Å². The van der Waals surface area contributed by atoms with Gasteiger partial charge in [0, 0.05) is 11.3 Å². The van der Waals surface area contributed by atoms with E-state index in [2.05, 4.69) is 22.3 Å². The monoisotopic (exact) mass is 218 g/mol. The zero-order valence-corrected chi connectivity index (χ0v) is 9.19. The molecule has 0 fully saturated rings. The smallest absolute Gasteiger partial charge is 0.330 e. The third-order valence-electron chi connectivity index (χ3n) is 2.39. The molecule has 84 valence electrons. The Bertz CT molecular complexity index is 526. The van der Waals surface area contributed by atoms with Crippen molar-refractivity contribution in [2.24, 2.45) is 0 Å². The molecule has 0 amide bonds. The van der Waals surface area contributed by atoms with Gasteiger partial charge in [-0.2, -0.15) is 5.10 Å². The summed E-state index contributed by atoms with van der Waals surface area (Å²) in [5.74, 6) is -0.334. The van der Waals surface area contributed by atoms with Gasteiger partial charge in [-0.05, 0) is 25.8 Å². The molecule has 0 saturated carbocycles. The van der Waals surface area contributed by atoms with Crippen LogP contribution in [-0.4, -0.2) is 22.8 Å². The van der Waals surface area contributed by atoms with E-state index in [0.29, 0.717) is 6.61 Å². The van der Waals surface area contributed by atoms with Gasteiger partial charge in [0.05, 0.1) is 17.6 Å². The van der Waals surface area contributed by atoms with Crippen molar-refractivity contribution in [3.05, 3.63) is 22.3 Å². The molecule has 2 rings (SSSR count). The number of aromatic nitrogens is 2. The van der Waals surface area contributed by atoms with Gasteiger partial charge in [-0.3, -0.25) is 5.10 Å². The van der Waals surface area contributed by atoms with Crippen molar-refractivity contribution in [3.8, 4) is 0 Å². The molecule has 4 heteroatoms. The van der Waals surface area contributed by atoms with Crippen LogP contribution < -0.4 is 10.6 Å². The van der Waals surface area contributed by atoms with E-state index in [1.807, 2.05) is 0 Å². The van der Waals surface area contributed by atoms with Crippen LogP contribution in [0.25, 0.3) is 18.2 Å². The molecule has 1 aromatic heterocycles. The van der Waals surface area contributed by atoms with Crippen LogP contribution in [0.15, 0.2) is 6.08 Å². The molecule has 4 nitrogen and oxygen atoms in total. The quantitative estimate of drug-likeness (QED) is 0.588. The fourth-order valence-electron chi connectivity index (χ4n) is 1.67. The van der Waals surface area contributed by atoms with Gasteiger partial charge in [0.2, 0.25) is 0 Å². The summed E-state index contributed by atoms with van der Waals surface area (Å²) in [4.78, 5) is 11.1. The molecule has 1 N–H and O–H groups in total. The van der Waals surface area contributed by atoms with E-state index in [1.54, 1.807) is 13.0 Å². The Balaban J connectivity index is 2.24. The Kier molecular flexibility index (Phi) is 3.19. The SMILES string of the molecule is CCOC(=O)/C=C/c1n[nH]c2c1=CCCC=2. The number of esters is 1. The van der Waals surface area contributed by atoms with E-state index in [4.69, 9.17) is 4.74 Å². The normalized spacial score (nSPS) is 14.1. The summed E-state index contributed by atoms with van der Waals surface area (Å²) in [6.07, 6.45) is 9.39. The molecule has 1 aromatic rings. The van der Waals surface area contributed by atoms with Gasteiger partial charge < -0.3 is 4.74 Å². The largest absolute Gasteiger partial charge is 0.463 e. The Labute approximate surface area is 93.3 Å². The summed E-state index contributed by atoms with van der Waals surface area (Å²) in [5, 5.41) is 9.20. The average Bonchev–Trinajstić information content (AvgIpc) is 2.70. The first-order chi connectivity index (χ1) is 7.81. The lowest BCUT2D eigenvalue weighted by Gasteiger charge is -1.94. The van der Waals surface area contributed by atoms with Crippen molar-refractivity contribution in [1.82, 2.24) is 10.2 Å². The molecule has 0 atom stereocenters. The highest BCUT2D eigenvalue weighted by Crippen LogP contribution is 1.97. The summed E-state index contributed by atoms with van der Waals surface area (Å²) < 4.78 is 4.80. The second-order valence-corrected chi connectivity index (χ2v) is 3.51. The highest BCUT2D eigenvalue weighted by Gasteiger charge is 2.02. The molecule has 0 aliphatic heterocycles. The Hall–Kier alpha value is -1.84. The molecule has 1 aliphatic rings. The highest BCUT2D eigenvalue weighted by molar-refractivity contribution is 5.86. The molecule has 1 aliphatic carbocycles. The summed E-state index contributed by atoms with van der Waals surface area (Å²) >= 11 is 0. The first-order valence-electron chi connectivity index (χ1n) is 5.41. The number of nitrogens with zero attached hydrogens (tertiary/aromatic N) is 1. The molecule has 0 aromatic carbocycles. The van der Waals surface area contributed by atoms with E-state index in [9.17, 15) is 4.79 Å². The van der Waals surface area contributed by atoms with Gasteiger partial charge in [0.25, 0.3) is 0 Å². The van der Waals surface area contributed by atoms with Gasteiger partial charge in [-0.15, -0.1) is 0 Å². The van der Waals surface area contributed by atoms with E-state index in [-0.39, 0.29) is 5.97 Å². The van der Waals surface area contributed by atoms with E-state index >= 15 is 0 Å². The minimum atomic E-state index is -0.334. The van der Waals surface area contributed by atoms with Crippen molar-refractivity contribution in [2.45, 2.75) is 19.8 Å². The summed E-state index contributed by atoms with van der Waals surface area (Å²) in [6, 6.07) is 0. The summed E-state index contributed by atoms with van der Waals surface area (Å²) in [5.41, 5.74) is 0.791. The molecular weight excluding hydrogens is 204 g/mol. The van der Waals surface area contributed by atoms with Crippen LogP contribution in [0.5, 0.6) is 0 Å². The van der Waals surface area contributed by atoms with Crippen LogP contribution in [-0.2, 0) is 9.53 Å². The predicted molar refractivity (Wildman–Crippen MR) is 61.7 cm³/mol. The lowest BCUT2D eigenvalue weighted by molar-refractivity contribution is -0.137. The standard InChI is InChI=1S/C12H14N2O2/c1-2-16-12(15)8-7-11-9-5-3-4-6-10(9)13-14-11/h5-8,13H,2-4H2,1H3/b8-7+. The number of hydrogen-bond donors (Lipinski definition) is 1. The van der Waals surface area contributed by atoms with Crippen LogP contribution in [0.4, 0.5) is 0 Å². The van der Waals surface area contributed by atoms with Crippen LogP contribution in [0.1, 0.15) is 25.5 Å². The third-order valence-corrected chi connectivity index (χ3v) is 2.39. The predicted octanol–water partition coefficient (Wildman–Crippen LogP) is 0.341. The molecule has 0 spiro atoms. The van der Waals surface area contributed by atoms with Crippen LogP contribution >= 0.6 is 0 Å². The molecule has 0 bridgehead atoms. The van der Waals surface area contributed by atoms with Crippen molar-refractivity contribution < 1.29 is 9.53 Å². The van der Waals surface area contributed by atoms with E-state index < -0.39 is 0 Å². The number of rotatable bonds is 3. The summed E-state index contributed by atoms with van der Waals surface area (Å²) in [6.45, 7) is 2.17. The first kappa shape index (κ1) is 10.7. The van der Waals surface area contributed by atoms with Crippen molar-refractivity contribution in [2.75, 3.05) is 6.61 Å². The van der Waals surface area contributed by atoms with Crippen molar-refractivity contribution in [1.29, 1.82) is 0 Å². The second-order valence-electron chi connectivity index (χ2n) is 3.51. The van der Waals surface area contributed by atoms with E-state index in [1.165, 1.54) is 6.08 Å². The molecular formula is C12H14N2O2.